The summed E-state index contributed by atoms with van der Waals surface area (Å²) in [5, 5.41) is 0. The molecule has 1 rings (SSSR count). The Morgan fingerprint density at radius 1 is 1.17 bits per heavy atom. The van der Waals surface area contributed by atoms with E-state index in [2.05, 4.69) is 13.8 Å². The van der Waals surface area contributed by atoms with Gasteiger partial charge in [0.05, 0.1) is 0 Å². The average Bonchev–Trinajstić information content (AvgIpc) is 2.11. The van der Waals surface area contributed by atoms with Crippen LogP contribution in [0.4, 0.5) is 0 Å². The minimum absolute atomic E-state index is 0. The van der Waals surface area contributed by atoms with Crippen molar-refractivity contribution >= 4 is 21.7 Å². The van der Waals surface area contributed by atoms with Gasteiger partial charge in [-0.25, -0.2) is 0 Å². The predicted octanol–water partition coefficient (Wildman–Crippen LogP) is -7.21. The molecule has 0 radical (unpaired) electrons. The summed E-state index contributed by atoms with van der Waals surface area (Å²) in [7, 11) is 0. The van der Waals surface area contributed by atoms with Crippen molar-refractivity contribution in [2.75, 3.05) is 13.2 Å². The van der Waals surface area contributed by atoms with Crippen LogP contribution in [0.2, 0.25) is 4.05 Å². The minimum Gasteiger partial charge on any atom is -1.00 e. The Morgan fingerprint density at radius 3 is 1.50 bits per heavy atom. The molecular formula is C7H15BrClLiMgO. The van der Waals surface area contributed by atoms with Gasteiger partial charge >= 0.3 is 58.5 Å². The normalized spacial score (nSPS) is 13.1. The third kappa shape index (κ3) is 29.6. The van der Waals surface area contributed by atoms with Crippen molar-refractivity contribution in [1.29, 1.82) is 0 Å². The minimum atomic E-state index is 0. The van der Waals surface area contributed by atoms with E-state index in [1.807, 2.05) is 21.7 Å². The SMILES string of the molecule is C1CCOC1.C[CH](C)[Mg+].[Br-].[Cl-].[Li+]. The molecule has 1 heterocycles. The van der Waals surface area contributed by atoms with E-state index in [4.69, 9.17) is 4.74 Å². The van der Waals surface area contributed by atoms with Gasteiger partial charge in [0.1, 0.15) is 0 Å². The van der Waals surface area contributed by atoms with E-state index in [0.29, 0.717) is 0 Å². The van der Waals surface area contributed by atoms with Gasteiger partial charge in [0.2, 0.25) is 0 Å². The van der Waals surface area contributed by atoms with E-state index in [1.54, 1.807) is 0 Å². The molecule has 0 saturated carbocycles. The van der Waals surface area contributed by atoms with Gasteiger partial charge in [0.25, 0.3) is 0 Å². The van der Waals surface area contributed by atoms with Gasteiger partial charge in [0, 0.05) is 13.2 Å². The van der Waals surface area contributed by atoms with Crippen LogP contribution in [0.25, 0.3) is 0 Å². The number of ether oxygens (including phenoxy) is 1. The molecule has 0 aromatic heterocycles. The van der Waals surface area contributed by atoms with Crippen molar-refractivity contribution in [2.45, 2.75) is 30.7 Å². The standard InChI is InChI=1S/C4H8O.C3H7.BrH.ClH.Li.Mg/c1-2-4-5-3-1;1-3-2;;;;/h1-4H2;3H,1-2H3;2*1H;;/q;;;;2*+1/p-2. The van der Waals surface area contributed by atoms with E-state index < -0.39 is 0 Å². The molecule has 0 N–H and O–H groups in total. The first-order valence-corrected chi connectivity index (χ1v) is 4.46. The first-order valence-electron chi connectivity index (χ1n) is 3.64. The van der Waals surface area contributed by atoms with Crippen molar-refractivity contribution in [3.05, 3.63) is 0 Å². The van der Waals surface area contributed by atoms with Crippen LogP contribution in [0.3, 0.4) is 0 Å². The van der Waals surface area contributed by atoms with E-state index in [0.717, 1.165) is 17.3 Å². The number of hydrogen-bond acceptors (Lipinski definition) is 1. The van der Waals surface area contributed by atoms with Gasteiger partial charge in [0.15, 0.2) is 0 Å². The first kappa shape index (κ1) is 23.7. The summed E-state index contributed by atoms with van der Waals surface area (Å²) in [6, 6.07) is 0. The van der Waals surface area contributed by atoms with Gasteiger partial charge < -0.3 is 34.1 Å². The molecule has 1 nitrogen and oxygen atoms in total. The molecule has 5 heteroatoms. The molecule has 1 aliphatic rings. The fourth-order valence-electron chi connectivity index (χ4n) is 0.510. The number of rotatable bonds is 0. The maximum absolute atomic E-state index is 4.94. The van der Waals surface area contributed by atoms with Crippen LogP contribution in [0.15, 0.2) is 0 Å². The Balaban J connectivity index is -0.0000000436. The van der Waals surface area contributed by atoms with Crippen molar-refractivity contribution in [1.82, 2.24) is 0 Å². The van der Waals surface area contributed by atoms with Crippen molar-refractivity contribution in [2.24, 2.45) is 0 Å². The topological polar surface area (TPSA) is 9.23 Å². The van der Waals surface area contributed by atoms with Gasteiger partial charge in [-0.3, -0.25) is 0 Å². The molecule has 66 valence electrons. The van der Waals surface area contributed by atoms with Gasteiger partial charge in [-0.15, -0.1) is 0 Å². The zero-order chi connectivity index (χ0) is 7.11. The molecular weight excluding hydrogens is 247 g/mol. The third-order valence-electron chi connectivity index (χ3n) is 0.827. The molecule has 0 amide bonds. The predicted molar refractivity (Wildman–Crippen MR) is 40.9 cm³/mol. The zero-order valence-corrected chi connectivity index (χ0v) is 12.0. The van der Waals surface area contributed by atoms with Crippen LogP contribution in [0.1, 0.15) is 26.7 Å². The molecule has 0 unspecified atom stereocenters. The van der Waals surface area contributed by atoms with Crippen molar-refractivity contribution in [3.63, 3.8) is 0 Å². The second-order valence-corrected chi connectivity index (χ2v) is 4.35. The Kier molecular flexibility index (Phi) is 37.1. The van der Waals surface area contributed by atoms with Crippen molar-refractivity contribution in [3.8, 4) is 0 Å². The van der Waals surface area contributed by atoms with Gasteiger partial charge in [-0.1, -0.05) is 0 Å². The molecule has 1 saturated heterocycles. The monoisotopic (exact) mass is 260 g/mol. The van der Waals surface area contributed by atoms with Crippen LogP contribution in [0, 0.1) is 0 Å². The second kappa shape index (κ2) is 18.8. The van der Waals surface area contributed by atoms with Crippen LogP contribution in [-0.2, 0) is 4.74 Å². The molecule has 0 aromatic rings. The quantitative estimate of drug-likeness (QED) is 0.394. The van der Waals surface area contributed by atoms with E-state index in [9.17, 15) is 0 Å². The maximum atomic E-state index is 4.94. The first-order chi connectivity index (χ1) is 4.23. The van der Waals surface area contributed by atoms with Gasteiger partial charge in [-0.05, 0) is 12.8 Å². The smallest absolute Gasteiger partial charge is 1.00 e. The maximum Gasteiger partial charge on any atom is 1.00 e. The van der Waals surface area contributed by atoms with E-state index in [1.165, 1.54) is 12.8 Å². The van der Waals surface area contributed by atoms with E-state index in [-0.39, 0.29) is 48.2 Å². The molecule has 1 aliphatic heterocycles. The van der Waals surface area contributed by atoms with Gasteiger partial charge in [-0.2, -0.15) is 0 Å². The summed E-state index contributed by atoms with van der Waals surface area (Å²) in [4.78, 5) is 0. The largest absolute Gasteiger partial charge is 1.00 e. The number of hydrogen-bond donors (Lipinski definition) is 0. The Labute approximate surface area is 118 Å². The zero-order valence-electron chi connectivity index (χ0n) is 8.28. The van der Waals surface area contributed by atoms with Crippen LogP contribution in [0.5, 0.6) is 0 Å². The van der Waals surface area contributed by atoms with Crippen LogP contribution >= 0.6 is 0 Å². The molecule has 1 fully saturated rings. The Bertz CT molecular complexity index is 55.0. The summed E-state index contributed by atoms with van der Waals surface area (Å²) in [6.45, 7) is 6.36. The summed E-state index contributed by atoms with van der Waals surface area (Å²) >= 11 is 2.00. The molecule has 0 bridgehead atoms. The molecule has 0 spiro atoms. The fourth-order valence-corrected chi connectivity index (χ4v) is 0.510. The molecule has 0 aliphatic carbocycles. The number of halogens is 2. The molecule has 0 atom stereocenters. The van der Waals surface area contributed by atoms with Crippen LogP contribution < -0.4 is 48.2 Å². The summed E-state index contributed by atoms with van der Waals surface area (Å²) in [5.74, 6) is 0. The Morgan fingerprint density at radius 2 is 1.42 bits per heavy atom. The summed E-state index contributed by atoms with van der Waals surface area (Å²) in [6.07, 6.45) is 2.56. The molecule has 0 aromatic carbocycles. The summed E-state index contributed by atoms with van der Waals surface area (Å²) < 4.78 is 5.81. The fraction of sp³-hybridized carbons (Fsp3) is 1.00. The van der Waals surface area contributed by atoms with Crippen LogP contribution in [-0.4, -0.2) is 34.9 Å². The second-order valence-electron chi connectivity index (χ2n) is 2.71. The third-order valence-corrected chi connectivity index (χ3v) is 0.827. The summed E-state index contributed by atoms with van der Waals surface area (Å²) in [5.41, 5.74) is 0. The Hall–Kier alpha value is 2.09. The van der Waals surface area contributed by atoms with Crippen molar-refractivity contribution < 1.29 is 53.0 Å². The van der Waals surface area contributed by atoms with E-state index >= 15 is 0 Å². The molecule has 12 heavy (non-hydrogen) atoms. The average molecular weight is 262 g/mol.